The fourth-order valence-electron chi connectivity index (χ4n) is 5.24. The van der Waals surface area contributed by atoms with Crippen LogP contribution in [0.1, 0.15) is 61.5 Å². The van der Waals surface area contributed by atoms with Gasteiger partial charge in [-0.1, -0.05) is 42.5 Å². The zero-order valence-corrected chi connectivity index (χ0v) is 22.1. The van der Waals surface area contributed by atoms with Crippen molar-refractivity contribution >= 4 is 22.9 Å². The minimum absolute atomic E-state index is 0.0106. The van der Waals surface area contributed by atoms with Gasteiger partial charge in [-0.15, -0.1) is 0 Å². The average Bonchev–Trinajstić information content (AvgIpc) is 3.66. The molecular formula is C30H35N7O. The molecule has 1 aliphatic carbocycles. The van der Waals surface area contributed by atoms with E-state index in [1.165, 1.54) is 5.56 Å². The Kier molecular flexibility index (Phi) is 6.81. The van der Waals surface area contributed by atoms with Gasteiger partial charge in [-0.2, -0.15) is 0 Å². The molecule has 1 amide bonds. The molecular weight excluding hydrogens is 474 g/mol. The van der Waals surface area contributed by atoms with Gasteiger partial charge in [0.05, 0.1) is 0 Å². The Labute approximate surface area is 223 Å². The lowest BCUT2D eigenvalue weighted by Gasteiger charge is -2.32. The molecule has 1 saturated heterocycles. The van der Waals surface area contributed by atoms with Crippen LogP contribution in [-0.4, -0.2) is 55.5 Å². The van der Waals surface area contributed by atoms with Crippen LogP contribution in [0.3, 0.4) is 0 Å². The van der Waals surface area contributed by atoms with E-state index < -0.39 is 0 Å². The van der Waals surface area contributed by atoms with Crippen molar-refractivity contribution in [3.05, 3.63) is 72.1 Å². The number of amides is 1. The Morgan fingerprint density at radius 1 is 0.947 bits per heavy atom. The molecule has 2 aliphatic rings. The number of imidazole rings is 1. The first kappa shape index (κ1) is 24.6. The highest BCUT2D eigenvalue weighted by Gasteiger charge is 2.25. The number of carbonyl (C=O) groups is 1. The first-order chi connectivity index (χ1) is 18.5. The van der Waals surface area contributed by atoms with Crippen molar-refractivity contribution < 1.29 is 4.79 Å². The fourth-order valence-corrected chi connectivity index (χ4v) is 5.24. The van der Waals surface area contributed by atoms with Crippen LogP contribution in [0.4, 0.5) is 5.82 Å². The number of nitrogens with zero attached hydrogens (tertiary/aromatic N) is 5. The van der Waals surface area contributed by atoms with Gasteiger partial charge in [-0.05, 0) is 57.2 Å². The summed E-state index contributed by atoms with van der Waals surface area (Å²) in [6.45, 7) is 7.37. The number of nitrogens with one attached hydrogen (secondary N) is 2. The van der Waals surface area contributed by atoms with E-state index in [9.17, 15) is 4.79 Å². The Bertz CT molecular complexity index is 1400. The average molecular weight is 510 g/mol. The van der Waals surface area contributed by atoms with Gasteiger partial charge < -0.3 is 15.2 Å². The summed E-state index contributed by atoms with van der Waals surface area (Å²) in [5.74, 6) is 1.62. The van der Waals surface area contributed by atoms with Crippen LogP contribution in [0.15, 0.2) is 60.9 Å². The zero-order valence-electron chi connectivity index (χ0n) is 22.1. The molecule has 0 atom stereocenters. The Morgan fingerprint density at radius 3 is 2.37 bits per heavy atom. The second-order valence-corrected chi connectivity index (χ2v) is 10.8. The summed E-state index contributed by atoms with van der Waals surface area (Å²) in [7, 11) is 0. The summed E-state index contributed by atoms with van der Waals surface area (Å²) in [6, 6.07) is 19.2. The van der Waals surface area contributed by atoms with Crippen LogP contribution in [-0.2, 0) is 6.54 Å². The summed E-state index contributed by atoms with van der Waals surface area (Å²) in [5, 5.41) is 6.73. The second kappa shape index (κ2) is 10.5. The molecule has 4 aromatic rings. The summed E-state index contributed by atoms with van der Waals surface area (Å²) < 4.78 is 2.16. The first-order valence-corrected chi connectivity index (χ1v) is 13.7. The maximum Gasteiger partial charge on any atom is 0.251 e. The lowest BCUT2D eigenvalue weighted by Crippen LogP contribution is -2.38. The predicted molar refractivity (Wildman–Crippen MR) is 150 cm³/mol. The van der Waals surface area contributed by atoms with Gasteiger partial charge in [0.2, 0.25) is 0 Å². The van der Waals surface area contributed by atoms with E-state index >= 15 is 0 Å². The third-order valence-electron chi connectivity index (χ3n) is 7.49. The molecule has 8 nitrogen and oxygen atoms in total. The molecule has 3 heterocycles. The monoisotopic (exact) mass is 509 g/mol. The molecule has 0 unspecified atom stereocenters. The number of hydrogen-bond acceptors (Lipinski definition) is 6. The van der Waals surface area contributed by atoms with E-state index in [1.807, 2.05) is 24.3 Å². The van der Waals surface area contributed by atoms with Crippen molar-refractivity contribution in [2.24, 2.45) is 0 Å². The van der Waals surface area contributed by atoms with Gasteiger partial charge in [-0.25, -0.2) is 15.0 Å². The minimum atomic E-state index is -0.0106. The van der Waals surface area contributed by atoms with E-state index in [2.05, 4.69) is 74.2 Å². The molecule has 2 N–H and O–H groups in total. The normalized spacial score (nSPS) is 16.7. The SMILES string of the molecule is CC(C)n1c(-c2ccc(C(=O)NC3CC3)cc2)nc2c(NC3CCN(Cc4ccccc4)CC3)ncnc21. The first-order valence-electron chi connectivity index (χ1n) is 13.7. The van der Waals surface area contributed by atoms with Crippen LogP contribution in [0.2, 0.25) is 0 Å². The van der Waals surface area contributed by atoms with Crippen LogP contribution in [0, 0.1) is 0 Å². The van der Waals surface area contributed by atoms with Gasteiger partial charge >= 0.3 is 0 Å². The van der Waals surface area contributed by atoms with Gasteiger partial charge in [-0.3, -0.25) is 9.69 Å². The molecule has 2 aromatic heterocycles. The quantitative estimate of drug-likeness (QED) is 0.346. The maximum absolute atomic E-state index is 12.4. The minimum Gasteiger partial charge on any atom is -0.365 e. The number of benzene rings is 2. The van der Waals surface area contributed by atoms with Crippen molar-refractivity contribution in [2.75, 3.05) is 18.4 Å². The van der Waals surface area contributed by atoms with Crippen molar-refractivity contribution in [3.8, 4) is 11.4 Å². The number of aromatic nitrogens is 4. The number of hydrogen-bond donors (Lipinski definition) is 2. The summed E-state index contributed by atoms with van der Waals surface area (Å²) in [4.78, 5) is 29.2. The van der Waals surface area contributed by atoms with E-state index in [1.54, 1.807) is 6.33 Å². The number of carbonyl (C=O) groups excluding carboxylic acids is 1. The van der Waals surface area contributed by atoms with E-state index in [4.69, 9.17) is 4.98 Å². The number of anilines is 1. The van der Waals surface area contributed by atoms with Crippen molar-refractivity contribution in [1.82, 2.24) is 29.7 Å². The van der Waals surface area contributed by atoms with Gasteiger partial charge in [0, 0.05) is 48.9 Å². The standard InChI is InChI=1S/C30H35N7O/c1-20(2)37-28(22-8-10-23(11-9-22)30(38)34-24-12-13-24)35-26-27(31-19-32-29(26)37)33-25-14-16-36(17-15-25)18-21-6-4-3-5-7-21/h3-11,19-20,24-25H,12-18H2,1-2H3,(H,34,38)(H,31,32,33). The smallest absolute Gasteiger partial charge is 0.251 e. The highest BCUT2D eigenvalue weighted by atomic mass is 16.1. The molecule has 8 heteroatoms. The van der Waals surface area contributed by atoms with Crippen molar-refractivity contribution in [2.45, 2.75) is 64.2 Å². The molecule has 0 radical (unpaired) electrons. The molecule has 1 saturated carbocycles. The number of rotatable bonds is 8. The second-order valence-electron chi connectivity index (χ2n) is 10.8. The summed E-state index contributed by atoms with van der Waals surface area (Å²) >= 11 is 0. The van der Waals surface area contributed by atoms with Crippen LogP contribution in [0.5, 0.6) is 0 Å². The highest BCUT2D eigenvalue weighted by molar-refractivity contribution is 5.95. The zero-order chi connectivity index (χ0) is 26.1. The third-order valence-corrected chi connectivity index (χ3v) is 7.49. The van der Waals surface area contributed by atoms with E-state index in [-0.39, 0.29) is 11.9 Å². The number of likely N-dealkylation sites (tertiary alicyclic amines) is 1. The van der Waals surface area contributed by atoms with Crippen LogP contribution < -0.4 is 10.6 Å². The maximum atomic E-state index is 12.4. The van der Waals surface area contributed by atoms with Crippen molar-refractivity contribution in [3.63, 3.8) is 0 Å². The molecule has 1 aliphatic heterocycles. The summed E-state index contributed by atoms with van der Waals surface area (Å²) in [5.41, 5.74) is 4.61. The number of fused-ring (bicyclic) bond motifs is 1. The summed E-state index contributed by atoms with van der Waals surface area (Å²) in [6.07, 6.45) is 5.89. The van der Waals surface area contributed by atoms with Gasteiger partial charge in [0.25, 0.3) is 5.91 Å². The van der Waals surface area contributed by atoms with E-state index in [0.717, 1.165) is 73.7 Å². The lowest BCUT2D eigenvalue weighted by molar-refractivity contribution is 0.0951. The topological polar surface area (TPSA) is 88.0 Å². The predicted octanol–water partition coefficient (Wildman–Crippen LogP) is 5.04. The third kappa shape index (κ3) is 5.27. The lowest BCUT2D eigenvalue weighted by atomic mass is 10.0. The highest BCUT2D eigenvalue weighted by Crippen LogP contribution is 2.31. The molecule has 2 fully saturated rings. The van der Waals surface area contributed by atoms with Crippen LogP contribution in [0.25, 0.3) is 22.6 Å². The Morgan fingerprint density at radius 2 is 1.68 bits per heavy atom. The number of piperidine rings is 1. The van der Waals surface area contributed by atoms with Crippen molar-refractivity contribution in [1.29, 1.82) is 0 Å². The molecule has 196 valence electrons. The van der Waals surface area contributed by atoms with Gasteiger partial charge in [0.1, 0.15) is 12.2 Å². The van der Waals surface area contributed by atoms with Gasteiger partial charge in [0.15, 0.2) is 17.0 Å². The largest absolute Gasteiger partial charge is 0.365 e. The fraction of sp³-hybridized carbons (Fsp3) is 0.400. The van der Waals surface area contributed by atoms with Crippen LogP contribution >= 0.6 is 0 Å². The van der Waals surface area contributed by atoms with E-state index in [0.29, 0.717) is 17.6 Å². The molecule has 0 bridgehead atoms. The molecule has 2 aromatic carbocycles. The molecule has 38 heavy (non-hydrogen) atoms. The Balaban J connectivity index is 1.20. The Hall–Kier alpha value is -3.78. The molecule has 0 spiro atoms. The molecule has 6 rings (SSSR count).